The van der Waals surface area contributed by atoms with E-state index in [1.807, 2.05) is 24.3 Å². The van der Waals surface area contributed by atoms with E-state index in [9.17, 15) is 0 Å². The minimum atomic E-state index is -0.0416. The zero-order valence-corrected chi connectivity index (χ0v) is 12.1. The van der Waals surface area contributed by atoms with Gasteiger partial charge in [-0.15, -0.1) is 0 Å². The first-order chi connectivity index (χ1) is 9.53. The minimum absolute atomic E-state index is 0.0416. The highest BCUT2D eigenvalue weighted by Crippen LogP contribution is 2.37. The van der Waals surface area contributed by atoms with Gasteiger partial charge in [0.1, 0.15) is 0 Å². The molecule has 20 heavy (non-hydrogen) atoms. The Labute approximate surface area is 119 Å². The third kappa shape index (κ3) is 2.52. The second kappa shape index (κ2) is 4.67. The number of guanidine groups is 1. The molecule has 3 heteroatoms. The molecular formula is C17H19N3. The maximum atomic E-state index is 4.73. The standard InChI is InChI=1S/C17H19N3/c1-17(2,3)20-16-18-14-10-6-4-8-12(14)13-9-5-7-11-15(13)19-16/h4-11H,1-3H3,(H2,18,19,20). The molecule has 2 N–H and O–H groups in total. The molecule has 0 aliphatic carbocycles. The molecule has 0 radical (unpaired) electrons. The van der Waals surface area contributed by atoms with Crippen molar-refractivity contribution in [2.24, 2.45) is 4.99 Å². The quantitative estimate of drug-likeness (QED) is 0.750. The molecule has 2 aromatic rings. The number of hydrogen-bond acceptors (Lipinski definition) is 3. The lowest BCUT2D eigenvalue weighted by Crippen LogP contribution is -2.44. The zero-order chi connectivity index (χ0) is 14.2. The van der Waals surface area contributed by atoms with Crippen molar-refractivity contribution in [1.29, 1.82) is 0 Å². The van der Waals surface area contributed by atoms with Crippen LogP contribution in [0.3, 0.4) is 0 Å². The summed E-state index contributed by atoms with van der Waals surface area (Å²) < 4.78 is 0. The first-order valence-electron chi connectivity index (χ1n) is 6.85. The number of anilines is 1. The Balaban J connectivity index is 2.14. The number of hydrogen-bond donors (Lipinski definition) is 2. The molecule has 0 fully saturated rings. The van der Waals surface area contributed by atoms with E-state index in [-0.39, 0.29) is 5.54 Å². The smallest absolute Gasteiger partial charge is 0.201 e. The fourth-order valence-electron chi connectivity index (χ4n) is 2.32. The first kappa shape index (κ1) is 12.7. The molecular weight excluding hydrogens is 246 g/mol. The predicted octanol–water partition coefficient (Wildman–Crippen LogP) is 4.15. The summed E-state index contributed by atoms with van der Waals surface area (Å²) >= 11 is 0. The molecule has 0 unspecified atom stereocenters. The first-order valence-corrected chi connectivity index (χ1v) is 6.85. The topological polar surface area (TPSA) is 36.4 Å². The molecule has 0 bridgehead atoms. The summed E-state index contributed by atoms with van der Waals surface area (Å²) in [6.45, 7) is 6.37. The highest BCUT2D eigenvalue weighted by atomic mass is 15.2. The maximum absolute atomic E-state index is 4.73. The number of fused-ring (bicyclic) bond motifs is 3. The van der Waals surface area contributed by atoms with E-state index < -0.39 is 0 Å². The van der Waals surface area contributed by atoms with Crippen molar-refractivity contribution < 1.29 is 0 Å². The molecule has 0 amide bonds. The van der Waals surface area contributed by atoms with Crippen molar-refractivity contribution in [3.63, 3.8) is 0 Å². The van der Waals surface area contributed by atoms with Crippen molar-refractivity contribution >= 4 is 17.3 Å². The fraction of sp³-hybridized carbons (Fsp3) is 0.235. The van der Waals surface area contributed by atoms with Crippen molar-refractivity contribution in [3.05, 3.63) is 48.5 Å². The lowest BCUT2D eigenvalue weighted by Gasteiger charge is -2.23. The predicted molar refractivity (Wildman–Crippen MR) is 85.5 cm³/mol. The molecule has 1 aliphatic heterocycles. The number of benzene rings is 2. The normalized spacial score (nSPS) is 13.4. The van der Waals surface area contributed by atoms with Gasteiger partial charge < -0.3 is 10.6 Å². The van der Waals surface area contributed by atoms with Crippen molar-refractivity contribution in [2.45, 2.75) is 26.3 Å². The summed E-state index contributed by atoms with van der Waals surface area (Å²) in [7, 11) is 0. The van der Waals surface area contributed by atoms with Gasteiger partial charge >= 0.3 is 0 Å². The summed E-state index contributed by atoms with van der Waals surface area (Å²) in [5.41, 5.74) is 4.35. The van der Waals surface area contributed by atoms with Crippen LogP contribution in [-0.2, 0) is 0 Å². The second-order valence-corrected chi connectivity index (χ2v) is 6.02. The number of nitrogens with one attached hydrogen (secondary N) is 2. The molecule has 0 saturated heterocycles. The van der Waals surface area contributed by atoms with Crippen LogP contribution >= 0.6 is 0 Å². The molecule has 2 aromatic carbocycles. The lowest BCUT2D eigenvalue weighted by atomic mass is 10.0. The van der Waals surface area contributed by atoms with E-state index in [1.165, 1.54) is 5.56 Å². The lowest BCUT2D eigenvalue weighted by molar-refractivity contribution is 0.511. The molecule has 3 rings (SSSR count). The van der Waals surface area contributed by atoms with Gasteiger partial charge in [0, 0.05) is 22.4 Å². The average molecular weight is 265 g/mol. The van der Waals surface area contributed by atoms with Crippen LogP contribution in [0.15, 0.2) is 53.5 Å². The monoisotopic (exact) mass is 265 g/mol. The summed E-state index contributed by atoms with van der Waals surface area (Å²) in [4.78, 5) is 4.73. The van der Waals surface area contributed by atoms with E-state index in [2.05, 4.69) is 55.7 Å². The van der Waals surface area contributed by atoms with Crippen LogP contribution in [0.5, 0.6) is 0 Å². The van der Waals surface area contributed by atoms with Gasteiger partial charge in [-0.1, -0.05) is 36.4 Å². The molecule has 1 aliphatic rings. The van der Waals surface area contributed by atoms with Crippen LogP contribution in [0.2, 0.25) is 0 Å². The molecule has 3 nitrogen and oxygen atoms in total. The summed E-state index contributed by atoms with van der Waals surface area (Å²) in [6.07, 6.45) is 0. The Morgan fingerprint density at radius 2 is 1.55 bits per heavy atom. The van der Waals surface area contributed by atoms with Crippen LogP contribution in [0.1, 0.15) is 20.8 Å². The van der Waals surface area contributed by atoms with Crippen LogP contribution in [-0.4, -0.2) is 11.5 Å². The van der Waals surface area contributed by atoms with Crippen molar-refractivity contribution in [3.8, 4) is 11.1 Å². The number of nitrogens with zero attached hydrogens (tertiary/aromatic N) is 1. The van der Waals surface area contributed by atoms with E-state index in [1.54, 1.807) is 0 Å². The van der Waals surface area contributed by atoms with E-state index >= 15 is 0 Å². The van der Waals surface area contributed by atoms with Gasteiger partial charge in [0.2, 0.25) is 5.96 Å². The molecule has 0 atom stereocenters. The Morgan fingerprint density at radius 3 is 2.30 bits per heavy atom. The average Bonchev–Trinajstić information content (AvgIpc) is 2.52. The van der Waals surface area contributed by atoms with Gasteiger partial charge in [-0.25, -0.2) is 4.99 Å². The van der Waals surface area contributed by atoms with Crippen molar-refractivity contribution in [2.75, 3.05) is 5.32 Å². The maximum Gasteiger partial charge on any atom is 0.201 e. The molecule has 0 aromatic heterocycles. The Hall–Kier alpha value is -2.29. The largest absolute Gasteiger partial charge is 0.351 e. The third-order valence-electron chi connectivity index (χ3n) is 3.10. The highest BCUT2D eigenvalue weighted by Gasteiger charge is 2.18. The zero-order valence-electron chi connectivity index (χ0n) is 12.1. The van der Waals surface area contributed by atoms with Gasteiger partial charge in [-0.3, -0.25) is 0 Å². The summed E-state index contributed by atoms with van der Waals surface area (Å²) in [5, 5.41) is 6.82. The van der Waals surface area contributed by atoms with Gasteiger partial charge in [0.15, 0.2) is 0 Å². The third-order valence-corrected chi connectivity index (χ3v) is 3.10. The van der Waals surface area contributed by atoms with Gasteiger partial charge in [0.05, 0.1) is 5.69 Å². The second-order valence-electron chi connectivity index (χ2n) is 6.02. The number of rotatable bonds is 0. The molecule has 0 spiro atoms. The van der Waals surface area contributed by atoms with Crippen molar-refractivity contribution in [1.82, 2.24) is 5.32 Å². The highest BCUT2D eigenvalue weighted by molar-refractivity contribution is 6.03. The Morgan fingerprint density at radius 1 is 0.900 bits per heavy atom. The molecule has 102 valence electrons. The van der Waals surface area contributed by atoms with Gasteiger partial charge in [0.25, 0.3) is 0 Å². The van der Waals surface area contributed by atoms with Gasteiger partial charge in [-0.2, -0.15) is 0 Å². The van der Waals surface area contributed by atoms with E-state index in [0.29, 0.717) is 0 Å². The summed E-state index contributed by atoms with van der Waals surface area (Å²) in [5.74, 6) is 0.787. The minimum Gasteiger partial charge on any atom is -0.351 e. The number of para-hydroxylation sites is 2. The SMILES string of the molecule is CC(C)(C)NC1=Nc2ccccc2-c2ccccc2N1. The van der Waals surface area contributed by atoms with Crippen LogP contribution in [0, 0.1) is 0 Å². The van der Waals surface area contributed by atoms with E-state index in [4.69, 9.17) is 4.99 Å². The van der Waals surface area contributed by atoms with E-state index in [0.717, 1.165) is 22.9 Å². The van der Waals surface area contributed by atoms with Crippen LogP contribution < -0.4 is 10.6 Å². The van der Waals surface area contributed by atoms with Gasteiger partial charge in [-0.05, 0) is 32.9 Å². The molecule has 0 saturated carbocycles. The fourth-order valence-corrected chi connectivity index (χ4v) is 2.32. The Kier molecular flexibility index (Phi) is 2.97. The van der Waals surface area contributed by atoms with Crippen LogP contribution in [0.25, 0.3) is 11.1 Å². The van der Waals surface area contributed by atoms with Crippen LogP contribution in [0.4, 0.5) is 11.4 Å². The summed E-state index contributed by atoms with van der Waals surface area (Å²) in [6, 6.07) is 16.5. The number of aliphatic imine (C=N–C) groups is 1. The Bertz CT molecular complexity index is 666. The molecule has 1 heterocycles.